The number of carbonyl (C=O) groups excluding carboxylic acids is 1. The largest absolute Gasteiger partial charge is 0.334 e. The Morgan fingerprint density at radius 3 is 2.73 bits per heavy atom. The number of urea groups is 1. The van der Waals surface area contributed by atoms with E-state index < -0.39 is 21.9 Å². The van der Waals surface area contributed by atoms with Crippen LogP contribution in [0.5, 0.6) is 0 Å². The third kappa shape index (κ3) is 3.75. The Hall–Kier alpha value is -2.35. The highest BCUT2D eigenvalue weighted by Crippen LogP contribution is 2.19. The van der Waals surface area contributed by atoms with Crippen LogP contribution in [0, 0.1) is 0 Å². The summed E-state index contributed by atoms with van der Waals surface area (Å²) in [5, 5.41) is 5.92. The van der Waals surface area contributed by atoms with E-state index in [1.807, 2.05) is 24.3 Å². The maximum atomic E-state index is 12.4. The van der Waals surface area contributed by atoms with E-state index in [1.165, 1.54) is 0 Å². The van der Waals surface area contributed by atoms with Gasteiger partial charge < -0.3 is 15.2 Å². The van der Waals surface area contributed by atoms with Gasteiger partial charge in [0.15, 0.2) is 9.84 Å². The fraction of sp³-hybridized carbons (Fsp3) is 0.444. The molecule has 1 aliphatic heterocycles. The third-order valence-electron chi connectivity index (χ3n) is 4.95. The molecular formula is C18H23N3O4S. The lowest BCUT2D eigenvalue weighted by Gasteiger charge is -2.27. The standard InChI is InChI=1S/C18H23N3O4S/c1-12-7-8-15(11-26(12,24)25)20-18(23)19-10-14-9-13-5-3-4-6-16(13)21(2)17(14)22/h3-6,9,12,15H,7-8,10-11H2,1-2H3,(H2,19,20,23). The van der Waals surface area contributed by atoms with Crippen molar-refractivity contribution in [3.63, 3.8) is 0 Å². The number of benzene rings is 1. The lowest BCUT2D eigenvalue weighted by molar-refractivity contribution is 0.236. The van der Waals surface area contributed by atoms with Crippen LogP contribution in [-0.2, 0) is 23.4 Å². The van der Waals surface area contributed by atoms with Gasteiger partial charge in [0.05, 0.1) is 16.5 Å². The molecule has 1 aromatic carbocycles. The highest BCUT2D eigenvalue weighted by Gasteiger charge is 2.31. The summed E-state index contributed by atoms with van der Waals surface area (Å²) in [5.74, 6) is -0.0423. The average Bonchev–Trinajstić information content (AvgIpc) is 2.60. The summed E-state index contributed by atoms with van der Waals surface area (Å²) in [6, 6.07) is 8.45. The molecule has 2 N–H and O–H groups in total. The Labute approximate surface area is 152 Å². The Balaban J connectivity index is 1.66. The van der Waals surface area contributed by atoms with Gasteiger partial charge in [0, 0.05) is 25.2 Å². The van der Waals surface area contributed by atoms with E-state index in [4.69, 9.17) is 0 Å². The first-order valence-corrected chi connectivity index (χ1v) is 10.3. The van der Waals surface area contributed by atoms with Crippen LogP contribution < -0.4 is 16.2 Å². The molecular weight excluding hydrogens is 354 g/mol. The van der Waals surface area contributed by atoms with Gasteiger partial charge in [-0.05, 0) is 37.3 Å². The van der Waals surface area contributed by atoms with E-state index in [9.17, 15) is 18.0 Å². The van der Waals surface area contributed by atoms with Gasteiger partial charge in [-0.15, -0.1) is 0 Å². The molecule has 2 heterocycles. The number of sulfone groups is 1. The molecule has 1 aromatic heterocycles. The maximum absolute atomic E-state index is 12.4. The molecule has 26 heavy (non-hydrogen) atoms. The highest BCUT2D eigenvalue weighted by molar-refractivity contribution is 7.92. The first kappa shape index (κ1) is 18.4. The number of nitrogens with one attached hydrogen (secondary N) is 2. The van der Waals surface area contributed by atoms with Crippen molar-refractivity contribution in [3.8, 4) is 0 Å². The van der Waals surface area contributed by atoms with Gasteiger partial charge in [-0.1, -0.05) is 18.2 Å². The number of carbonyl (C=O) groups is 1. The van der Waals surface area contributed by atoms with Crippen molar-refractivity contribution in [2.75, 3.05) is 5.75 Å². The van der Waals surface area contributed by atoms with Gasteiger partial charge in [-0.2, -0.15) is 0 Å². The lowest BCUT2D eigenvalue weighted by Crippen LogP contribution is -2.49. The predicted octanol–water partition coefficient (Wildman–Crippen LogP) is 1.30. The van der Waals surface area contributed by atoms with Crippen molar-refractivity contribution in [1.82, 2.24) is 15.2 Å². The van der Waals surface area contributed by atoms with E-state index in [2.05, 4.69) is 10.6 Å². The molecule has 1 aliphatic rings. The second-order valence-corrected chi connectivity index (χ2v) is 9.30. The molecule has 0 radical (unpaired) electrons. The summed E-state index contributed by atoms with van der Waals surface area (Å²) < 4.78 is 25.4. The molecule has 0 bridgehead atoms. The van der Waals surface area contributed by atoms with Gasteiger partial charge in [0.2, 0.25) is 0 Å². The Morgan fingerprint density at radius 1 is 1.27 bits per heavy atom. The van der Waals surface area contributed by atoms with Gasteiger partial charge in [0.25, 0.3) is 5.56 Å². The predicted molar refractivity (Wildman–Crippen MR) is 101 cm³/mol. The summed E-state index contributed by atoms with van der Waals surface area (Å²) in [4.78, 5) is 24.5. The average molecular weight is 377 g/mol. The quantitative estimate of drug-likeness (QED) is 0.843. The van der Waals surface area contributed by atoms with Gasteiger partial charge in [-0.3, -0.25) is 4.79 Å². The zero-order valence-corrected chi connectivity index (χ0v) is 15.7. The Morgan fingerprint density at radius 2 is 2.00 bits per heavy atom. The summed E-state index contributed by atoms with van der Waals surface area (Å²) in [6.07, 6.45) is 1.17. The van der Waals surface area contributed by atoms with Crippen LogP contribution in [0.3, 0.4) is 0 Å². The van der Waals surface area contributed by atoms with Crippen molar-refractivity contribution >= 4 is 26.8 Å². The first-order valence-electron chi connectivity index (χ1n) is 8.61. The molecule has 0 aliphatic carbocycles. The third-order valence-corrected chi connectivity index (χ3v) is 7.28. The summed E-state index contributed by atoms with van der Waals surface area (Å²) in [5.41, 5.74) is 1.14. The van der Waals surface area contributed by atoms with Crippen LogP contribution in [0.15, 0.2) is 35.1 Å². The number of hydrogen-bond acceptors (Lipinski definition) is 4. The molecule has 2 amide bonds. The Bertz CT molecular complexity index is 997. The zero-order chi connectivity index (χ0) is 18.9. The lowest BCUT2D eigenvalue weighted by atomic mass is 10.1. The molecule has 7 nitrogen and oxygen atoms in total. The van der Waals surface area contributed by atoms with Gasteiger partial charge in [-0.25, -0.2) is 13.2 Å². The molecule has 2 aromatic rings. The fourth-order valence-corrected chi connectivity index (χ4v) is 4.92. The van der Waals surface area contributed by atoms with Crippen molar-refractivity contribution in [1.29, 1.82) is 0 Å². The molecule has 1 saturated heterocycles. The molecule has 1 fully saturated rings. The fourth-order valence-electron chi connectivity index (χ4n) is 3.29. The van der Waals surface area contributed by atoms with Crippen molar-refractivity contribution in [3.05, 3.63) is 46.2 Å². The maximum Gasteiger partial charge on any atom is 0.315 e. The smallest absolute Gasteiger partial charge is 0.315 e. The Kier molecular flexibility index (Phi) is 5.04. The number of hydrogen-bond donors (Lipinski definition) is 2. The van der Waals surface area contributed by atoms with Crippen LogP contribution in [0.25, 0.3) is 10.9 Å². The number of rotatable bonds is 3. The molecule has 3 rings (SSSR count). The monoisotopic (exact) mass is 377 g/mol. The minimum atomic E-state index is -3.16. The molecule has 2 atom stereocenters. The normalized spacial score (nSPS) is 22.1. The number of amides is 2. The van der Waals surface area contributed by atoms with Crippen LogP contribution in [0.1, 0.15) is 25.3 Å². The van der Waals surface area contributed by atoms with Crippen molar-refractivity contribution < 1.29 is 13.2 Å². The molecule has 2 unspecified atom stereocenters. The van der Waals surface area contributed by atoms with Crippen LogP contribution >= 0.6 is 0 Å². The summed E-state index contributed by atoms with van der Waals surface area (Å²) in [6.45, 7) is 1.78. The molecule has 8 heteroatoms. The second-order valence-electron chi connectivity index (χ2n) is 6.83. The number of nitrogens with zero attached hydrogens (tertiary/aromatic N) is 1. The van der Waals surface area contributed by atoms with E-state index in [0.717, 1.165) is 10.9 Å². The number of para-hydroxylation sites is 1. The van der Waals surface area contributed by atoms with E-state index in [1.54, 1.807) is 24.6 Å². The number of aryl methyl sites for hydroxylation is 1. The zero-order valence-electron chi connectivity index (χ0n) is 14.9. The SMILES string of the molecule is CC1CCC(NC(=O)NCc2cc3ccccc3n(C)c2=O)CS1(=O)=O. The van der Waals surface area contributed by atoms with Crippen LogP contribution in [0.4, 0.5) is 4.79 Å². The second kappa shape index (κ2) is 7.11. The van der Waals surface area contributed by atoms with E-state index >= 15 is 0 Å². The van der Waals surface area contributed by atoms with E-state index in [0.29, 0.717) is 18.4 Å². The van der Waals surface area contributed by atoms with Crippen LogP contribution in [-0.4, -0.2) is 36.1 Å². The van der Waals surface area contributed by atoms with E-state index in [-0.39, 0.29) is 23.1 Å². The summed E-state index contributed by atoms with van der Waals surface area (Å²) in [7, 11) is -1.46. The first-order chi connectivity index (χ1) is 12.3. The molecule has 0 spiro atoms. The van der Waals surface area contributed by atoms with Crippen LogP contribution in [0.2, 0.25) is 0 Å². The number of aromatic nitrogens is 1. The topological polar surface area (TPSA) is 97.3 Å². The molecule has 140 valence electrons. The number of pyridine rings is 1. The summed E-state index contributed by atoms with van der Waals surface area (Å²) >= 11 is 0. The highest BCUT2D eigenvalue weighted by atomic mass is 32.2. The van der Waals surface area contributed by atoms with Gasteiger partial charge >= 0.3 is 6.03 Å². The minimum absolute atomic E-state index is 0.0423. The minimum Gasteiger partial charge on any atom is -0.334 e. The number of fused-ring (bicyclic) bond motifs is 1. The van der Waals surface area contributed by atoms with Gasteiger partial charge in [0.1, 0.15) is 0 Å². The van der Waals surface area contributed by atoms with Crippen molar-refractivity contribution in [2.24, 2.45) is 7.05 Å². The van der Waals surface area contributed by atoms with Crippen molar-refractivity contribution in [2.45, 2.75) is 37.6 Å². The molecule has 0 saturated carbocycles.